The maximum atomic E-state index is 11.1. The van der Waals surface area contributed by atoms with Gasteiger partial charge >= 0.3 is 5.97 Å². The molecule has 0 fully saturated rings. The van der Waals surface area contributed by atoms with Gasteiger partial charge in [-0.25, -0.2) is 4.98 Å². The van der Waals surface area contributed by atoms with Crippen LogP contribution in [0.2, 0.25) is 0 Å². The summed E-state index contributed by atoms with van der Waals surface area (Å²) < 4.78 is 5.41. The lowest BCUT2D eigenvalue weighted by Gasteiger charge is -2.13. The molecular weight excluding hydrogens is 208 g/mol. The van der Waals surface area contributed by atoms with E-state index in [4.69, 9.17) is 15.3 Å². The molecule has 0 saturated heterocycles. The number of aromatic nitrogens is 1. The van der Waals surface area contributed by atoms with Crippen molar-refractivity contribution >= 4 is 22.8 Å². The van der Waals surface area contributed by atoms with Gasteiger partial charge in [0.15, 0.2) is 5.58 Å². The van der Waals surface area contributed by atoms with Crippen LogP contribution in [0.5, 0.6) is 0 Å². The Morgan fingerprint density at radius 1 is 1.50 bits per heavy atom. The highest BCUT2D eigenvalue weighted by molar-refractivity contribution is 5.86. The molecule has 0 radical (unpaired) electrons. The van der Waals surface area contributed by atoms with Crippen molar-refractivity contribution in [3.05, 3.63) is 24.1 Å². The van der Waals surface area contributed by atoms with Crippen molar-refractivity contribution < 1.29 is 14.3 Å². The number of aliphatic carboxylic acids is 1. The van der Waals surface area contributed by atoms with Crippen molar-refractivity contribution in [2.24, 2.45) is 0 Å². The summed E-state index contributed by atoms with van der Waals surface area (Å²) in [5.41, 5.74) is 6.01. The number of rotatable bonds is 2. The number of oxazole rings is 1. The highest BCUT2D eigenvalue weighted by Gasteiger charge is 2.35. The molecule has 0 bridgehead atoms. The van der Waals surface area contributed by atoms with Crippen LogP contribution in [0.25, 0.3) is 11.1 Å². The summed E-state index contributed by atoms with van der Waals surface area (Å²) in [6.45, 7) is 3.08. The van der Waals surface area contributed by atoms with Crippen molar-refractivity contribution in [2.45, 2.75) is 19.3 Å². The summed E-state index contributed by atoms with van der Waals surface area (Å²) >= 11 is 0. The molecule has 0 unspecified atom stereocenters. The van der Waals surface area contributed by atoms with E-state index in [-0.39, 0.29) is 5.89 Å². The third kappa shape index (κ3) is 1.41. The number of nitrogen functional groups attached to an aromatic ring is 1. The van der Waals surface area contributed by atoms with E-state index < -0.39 is 11.4 Å². The van der Waals surface area contributed by atoms with E-state index in [0.717, 1.165) is 0 Å². The Kier molecular flexibility index (Phi) is 2.11. The fourth-order valence-corrected chi connectivity index (χ4v) is 1.33. The smallest absolute Gasteiger partial charge is 0.318 e. The second-order valence-electron chi connectivity index (χ2n) is 4.14. The zero-order chi connectivity index (χ0) is 11.9. The summed E-state index contributed by atoms with van der Waals surface area (Å²) in [6, 6.07) is 5.17. The van der Waals surface area contributed by atoms with Crippen molar-refractivity contribution in [3.63, 3.8) is 0 Å². The molecule has 2 rings (SSSR count). The van der Waals surface area contributed by atoms with Crippen molar-refractivity contribution in [3.8, 4) is 0 Å². The standard InChI is InChI=1S/C11H12N2O3/c1-11(2,10(14)15)9-13-7-5-3-4-6(12)8(7)16-9/h3-5H,12H2,1-2H3,(H,14,15). The van der Waals surface area contributed by atoms with Crippen molar-refractivity contribution in [2.75, 3.05) is 5.73 Å². The lowest BCUT2D eigenvalue weighted by Crippen LogP contribution is -2.28. The molecule has 0 aliphatic heterocycles. The lowest BCUT2D eigenvalue weighted by atomic mass is 9.94. The number of benzene rings is 1. The van der Waals surface area contributed by atoms with E-state index in [1.54, 1.807) is 18.2 Å². The normalized spacial score (nSPS) is 11.9. The van der Waals surface area contributed by atoms with Gasteiger partial charge in [-0.2, -0.15) is 0 Å². The SMILES string of the molecule is CC(C)(C(=O)O)c1nc2cccc(N)c2o1. The van der Waals surface area contributed by atoms with Gasteiger partial charge in [-0.1, -0.05) is 6.07 Å². The quantitative estimate of drug-likeness (QED) is 0.753. The molecule has 0 aliphatic carbocycles. The van der Waals surface area contributed by atoms with Crippen LogP contribution < -0.4 is 5.73 Å². The monoisotopic (exact) mass is 220 g/mol. The van der Waals surface area contributed by atoms with Gasteiger partial charge in [-0.05, 0) is 26.0 Å². The zero-order valence-electron chi connectivity index (χ0n) is 9.02. The average molecular weight is 220 g/mol. The Morgan fingerprint density at radius 2 is 2.19 bits per heavy atom. The first-order valence-electron chi connectivity index (χ1n) is 4.82. The lowest BCUT2D eigenvalue weighted by molar-refractivity contribution is -0.143. The molecule has 1 heterocycles. The van der Waals surface area contributed by atoms with Crippen molar-refractivity contribution in [1.29, 1.82) is 0 Å². The third-order valence-corrected chi connectivity index (χ3v) is 2.51. The second-order valence-corrected chi connectivity index (χ2v) is 4.14. The Bertz CT molecular complexity index is 557. The van der Waals surface area contributed by atoms with E-state index in [0.29, 0.717) is 16.8 Å². The summed E-state index contributed by atoms with van der Waals surface area (Å²) in [5.74, 6) is -0.828. The van der Waals surface area contributed by atoms with Gasteiger partial charge in [0.1, 0.15) is 10.9 Å². The predicted molar refractivity (Wildman–Crippen MR) is 59.1 cm³/mol. The first-order valence-corrected chi connectivity index (χ1v) is 4.82. The molecule has 0 amide bonds. The van der Waals surface area contributed by atoms with Crippen LogP contribution in [0.3, 0.4) is 0 Å². The molecule has 84 valence electrons. The summed E-state index contributed by atoms with van der Waals surface area (Å²) in [4.78, 5) is 15.2. The van der Waals surface area contributed by atoms with Gasteiger partial charge in [0.25, 0.3) is 0 Å². The molecule has 16 heavy (non-hydrogen) atoms. The average Bonchev–Trinajstić information content (AvgIpc) is 2.63. The minimum Gasteiger partial charge on any atom is -0.480 e. The van der Waals surface area contributed by atoms with Gasteiger partial charge in [-0.3, -0.25) is 4.79 Å². The molecule has 0 atom stereocenters. The number of carbonyl (C=O) groups is 1. The summed E-state index contributed by atoms with van der Waals surface area (Å²) in [7, 11) is 0. The number of fused-ring (bicyclic) bond motifs is 1. The second kappa shape index (κ2) is 3.23. The number of carboxylic acids is 1. The Balaban J connectivity index is 2.64. The van der Waals surface area contributed by atoms with Gasteiger partial charge in [0.2, 0.25) is 5.89 Å². The number of hydrogen-bond acceptors (Lipinski definition) is 4. The van der Waals surface area contributed by atoms with Crippen LogP contribution in [-0.4, -0.2) is 16.1 Å². The van der Waals surface area contributed by atoms with Gasteiger partial charge in [0.05, 0.1) is 5.69 Å². The van der Waals surface area contributed by atoms with E-state index in [9.17, 15) is 4.79 Å². The summed E-state index contributed by atoms with van der Waals surface area (Å²) in [6.07, 6.45) is 0. The number of para-hydroxylation sites is 1. The number of nitrogens with two attached hydrogens (primary N) is 1. The Labute approximate surface area is 91.9 Å². The van der Waals surface area contributed by atoms with Gasteiger partial charge in [-0.15, -0.1) is 0 Å². The number of nitrogens with zero attached hydrogens (tertiary/aromatic N) is 1. The van der Waals surface area contributed by atoms with Gasteiger partial charge < -0.3 is 15.3 Å². The van der Waals surface area contributed by atoms with Crippen molar-refractivity contribution in [1.82, 2.24) is 4.98 Å². The molecule has 5 heteroatoms. The number of anilines is 1. The van der Waals surface area contributed by atoms with Gasteiger partial charge in [0, 0.05) is 0 Å². The molecule has 5 nitrogen and oxygen atoms in total. The molecule has 1 aromatic heterocycles. The first kappa shape index (κ1) is 10.5. The molecule has 2 aromatic rings. The molecule has 0 aliphatic rings. The Morgan fingerprint density at radius 3 is 2.75 bits per heavy atom. The zero-order valence-corrected chi connectivity index (χ0v) is 9.02. The van der Waals surface area contributed by atoms with Crippen LogP contribution >= 0.6 is 0 Å². The van der Waals surface area contributed by atoms with Crippen LogP contribution in [0.15, 0.2) is 22.6 Å². The van der Waals surface area contributed by atoms with E-state index in [2.05, 4.69) is 4.98 Å². The maximum Gasteiger partial charge on any atom is 0.318 e. The van der Waals surface area contributed by atoms with Crippen LogP contribution in [0.4, 0.5) is 5.69 Å². The largest absolute Gasteiger partial charge is 0.480 e. The van der Waals surface area contributed by atoms with E-state index >= 15 is 0 Å². The maximum absolute atomic E-state index is 11.1. The highest BCUT2D eigenvalue weighted by atomic mass is 16.4. The topological polar surface area (TPSA) is 89.3 Å². The fourth-order valence-electron chi connectivity index (χ4n) is 1.33. The molecule has 3 N–H and O–H groups in total. The van der Waals surface area contributed by atoms with E-state index in [1.807, 2.05) is 0 Å². The molecular formula is C11H12N2O3. The first-order chi connectivity index (χ1) is 7.43. The predicted octanol–water partition coefficient (Wildman–Crippen LogP) is 1.77. The third-order valence-electron chi connectivity index (χ3n) is 2.51. The highest BCUT2D eigenvalue weighted by Crippen LogP contribution is 2.29. The molecule has 0 spiro atoms. The van der Waals surface area contributed by atoms with Crippen LogP contribution in [0.1, 0.15) is 19.7 Å². The fraction of sp³-hybridized carbons (Fsp3) is 0.273. The minimum absolute atomic E-state index is 0.160. The van der Waals surface area contributed by atoms with E-state index in [1.165, 1.54) is 13.8 Å². The summed E-state index contributed by atoms with van der Waals surface area (Å²) in [5, 5.41) is 9.06. The minimum atomic E-state index is -1.16. The van der Waals surface area contributed by atoms with Crippen LogP contribution in [0, 0.1) is 0 Å². The molecule has 0 saturated carbocycles. The number of hydrogen-bond donors (Lipinski definition) is 2. The van der Waals surface area contributed by atoms with Crippen LogP contribution in [-0.2, 0) is 10.2 Å². The number of carboxylic acid groups (broad SMARTS) is 1. The Hall–Kier alpha value is -2.04. The molecule has 1 aromatic carbocycles.